The van der Waals surface area contributed by atoms with Gasteiger partial charge in [-0.2, -0.15) is 0 Å². The van der Waals surface area contributed by atoms with Crippen LogP contribution in [0.2, 0.25) is 5.02 Å². The van der Waals surface area contributed by atoms with E-state index in [1.54, 1.807) is 12.1 Å². The molecule has 3 rings (SSSR count). The summed E-state index contributed by atoms with van der Waals surface area (Å²) in [4.78, 5) is 2.12. The van der Waals surface area contributed by atoms with Crippen LogP contribution in [-0.4, -0.2) is 39.5 Å². The van der Waals surface area contributed by atoms with Crippen molar-refractivity contribution < 1.29 is 9.50 Å². The summed E-state index contributed by atoms with van der Waals surface area (Å²) in [5.74, 6) is -0.166. The molecule has 0 radical (unpaired) electrons. The largest absolute Gasteiger partial charge is 0.507 e. The number of benzene rings is 1. The first-order valence-corrected chi connectivity index (χ1v) is 9.39. The van der Waals surface area contributed by atoms with Crippen molar-refractivity contribution in [3.8, 4) is 17.0 Å². The van der Waals surface area contributed by atoms with Crippen LogP contribution in [0.1, 0.15) is 40.5 Å². The van der Waals surface area contributed by atoms with Crippen LogP contribution < -0.4 is 10.2 Å². The first kappa shape index (κ1) is 22.7. The molecule has 2 N–H and O–H groups in total. The number of anilines is 1. The lowest BCUT2D eigenvalue weighted by atomic mass is 9.79. The standard InChI is InChI=1S/C20H26ClFN4O.ClH/c1-19(2)10-13(11-20(3,4)25-19)26(5)17-7-6-15(23-24-17)18-14(22)8-12(21)9-16(18)27;/h6-9,13,25,27H,10-11H2,1-5H3;1H. The molecule has 0 saturated carbocycles. The van der Waals surface area contributed by atoms with E-state index in [1.807, 2.05) is 7.05 Å². The van der Waals surface area contributed by atoms with Gasteiger partial charge in [0.25, 0.3) is 0 Å². The molecule has 1 aromatic heterocycles. The van der Waals surface area contributed by atoms with E-state index in [9.17, 15) is 9.50 Å². The van der Waals surface area contributed by atoms with Crippen molar-refractivity contribution in [3.63, 3.8) is 0 Å². The Morgan fingerprint density at radius 1 is 1.14 bits per heavy atom. The molecule has 0 spiro atoms. The number of phenols is 1. The molecular weight excluding hydrogens is 402 g/mol. The predicted octanol–water partition coefficient (Wildman–Crippen LogP) is 4.81. The molecule has 1 aromatic carbocycles. The Labute approximate surface area is 176 Å². The molecule has 0 unspecified atom stereocenters. The van der Waals surface area contributed by atoms with Gasteiger partial charge in [0.1, 0.15) is 11.6 Å². The number of piperidine rings is 1. The number of hydrogen-bond acceptors (Lipinski definition) is 5. The third-order valence-electron chi connectivity index (χ3n) is 5.02. The minimum atomic E-state index is -0.628. The monoisotopic (exact) mass is 428 g/mol. The molecule has 8 heteroatoms. The lowest BCUT2D eigenvalue weighted by Crippen LogP contribution is -2.62. The molecule has 0 bridgehead atoms. The molecule has 0 amide bonds. The smallest absolute Gasteiger partial charge is 0.151 e. The summed E-state index contributed by atoms with van der Waals surface area (Å²) < 4.78 is 14.2. The first-order chi connectivity index (χ1) is 12.5. The zero-order valence-corrected chi connectivity index (χ0v) is 18.3. The fourth-order valence-corrected chi connectivity index (χ4v) is 4.39. The molecule has 28 heavy (non-hydrogen) atoms. The van der Waals surface area contributed by atoms with Crippen LogP contribution in [0.5, 0.6) is 5.75 Å². The lowest BCUT2D eigenvalue weighted by molar-refractivity contribution is 0.160. The summed E-state index contributed by atoms with van der Waals surface area (Å²) in [5.41, 5.74) is 0.313. The van der Waals surface area contributed by atoms with Crippen molar-refractivity contribution in [2.24, 2.45) is 0 Å². The molecule has 0 aliphatic carbocycles. The van der Waals surface area contributed by atoms with Gasteiger partial charge in [-0.15, -0.1) is 22.6 Å². The number of aromatic nitrogens is 2. The van der Waals surface area contributed by atoms with Crippen molar-refractivity contribution in [2.75, 3.05) is 11.9 Å². The number of nitrogens with one attached hydrogen (secondary N) is 1. The van der Waals surface area contributed by atoms with E-state index in [-0.39, 0.29) is 45.5 Å². The van der Waals surface area contributed by atoms with Gasteiger partial charge in [-0.1, -0.05) is 11.6 Å². The number of nitrogens with zero attached hydrogens (tertiary/aromatic N) is 3. The van der Waals surface area contributed by atoms with Crippen molar-refractivity contribution in [1.82, 2.24) is 15.5 Å². The summed E-state index contributed by atoms with van der Waals surface area (Å²) in [7, 11) is 2.01. The summed E-state index contributed by atoms with van der Waals surface area (Å²) in [6, 6.07) is 6.22. The summed E-state index contributed by atoms with van der Waals surface area (Å²) >= 11 is 5.76. The normalized spacial score (nSPS) is 18.4. The fraction of sp³-hybridized carbons (Fsp3) is 0.500. The maximum Gasteiger partial charge on any atom is 0.151 e. The molecule has 2 heterocycles. The highest BCUT2D eigenvalue weighted by Crippen LogP contribution is 2.35. The van der Waals surface area contributed by atoms with Gasteiger partial charge in [-0.25, -0.2) is 4.39 Å². The second-order valence-corrected chi connectivity index (χ2v) is 9.06. The third kappa shape index (κ3) is 4.85. The van der Waals surface area contributed by atoms with Gasteiger partial charge in [0, 0.05) is 29.2 Å². The number of phenolic OH excluding ortho intramolecular Hbond substituents is 1. The van der Waals surface area contributed by atoms with Gasteiger partial charge in [0.2, 0.25) is 0 Å². The highest BCUT2D eigenvalue weighted by atomic mass is 35.5. The van der Waals surface area contributed by atoms with Crippen LogP contribution in [0.4, 0.5) is 10.2 Å². The van der Waals surface area contributed by atoms with Crippen LogP contribution in [0.3, 0.4) is 0 Å². The van der Waals surface area contributed by atoms with Gasteiger partial charge < -0.3 is 15.3 Å². The van der Waals surface area contributed by atoms with Gasteiger partial charge in [-0.05, 0) is 64.8 Å². The van der Waals surface area contributed by atoms with Gasteiger partial charge in [0.05, 0.1) is 11.3 Å². The number of halogens is 3. The van der Waals surface area contributed by atoms with E-state index in [0.717, 1.165) is 18.9 Å². The lowest BCUT2D eigenvalue weighted by Gasteiger charge is -2.49. The Morgan fingerprint density at radius 3 is 2.25 bits per heavy atom. The summed E-state index contributed by atoms with van der Waals surface area (Å²) in [6.45, 7) is 8.82. The molecule has 154 valence electrons. The topological polar surface area (TPSA) is 61.3 Å². The van der Waals surface area contributed by atoms with E-state index in [1.165, 1.54) is 6.07 Å². The minimum Gasteiger partial charge on any atom is -0.507 e. The van der Waals surface area contributed by atoms with Crippen molar-refractivity contribution in [2.45, 2.75) is 57.7 Å². The van der Waals surface area contributed by atoms with E-state index in [2.05, 4.69) is 48.1 Å². The van der Waals surface area contributed by atoms with Crippen LogP contribution in [0.15, 0.2) is 24.3 Å². The number of rotatable bonds is 3. The van der Waals surface area contributed by atoms with E-state index >= 15 is 0 Å². The zero-order chi connectivity index (χ0) is 20.0. The number of hydrogen-bond donors (Lipinski definition) is 2. The summed E-state index contributed by atoms with van der Waals surface area (Å²) in [6.07, 6.45) is 1.95. The van der Waals surface area contributed by atoms with Crippen LogP contribution in [0, 0.1) is 5.82 Å². The molecule has 0 atom stereocenters. The zero-order valence-electron chi connectivity index (χ0n) is 16.8. The molecule has 1 aliphatic heterocycles. The van der Waals surface area contributed by atoms with E-state index in [4.69, 9.17) is 11.6 Å². The first-order valence-electron chi connectivity index (χ1n) is 9.02. The van der Waals surface area contributed by atoms with Crippen molar-refractivity contribution >= 4 is 29.8 Å². The molecule has 1 aliphatic rings. The molecule has 1 fully saturated rings. The Hall–Kier alpha value is -1.63. The SMILES string of the molecule is CN(c1ccc(-c2c(O)cc(Cl)cc2F)nn1)C1CC(C)(C)NC(C)(C)C1.Cl. The molecule has 1 saturated heterocycles. The van der Waals surface area contributed by atoms with Crippen molar-refractivity contribution in [3.05, 3.63) is 35.1 Å². The Bertz CT molecular complexity index is 804. The third-order valence-corrected chi connectivity index (χ3v) is 5.24. The predicted molar refractivity (Wildman–Crippen MR) is 114 cm³/mol. The van der Waals surface area contributed by atoms with Crippen LogP contribution in [0.25, 0.3) is 11.3 Å². The average molecular weight is 429 g/mol. The highest BCUT2D eigenvalue weighted by molar-refractivity contribution is 6.30. The average Bonchev–Trinajstić information content (AvgIpc) is 2.51. The van der Waals surface area contributed by atoms with Crippen LogP contribution in [-0.2, 0) is 0 Å². The summed E-state index contributed by atoms with van der Waals surface area (Å²) in [5, 5.41) is 22.2. The van der Waals surface area contributed by atoms with Crippen molar-refractivity contribution in [1.29, 1.82) is 0 Å². The Kier molecular flexibility index (Phi) is 6.48. The van der Waals surface area contributed by atoms with E-state index < -0.39 is 5.82 Å². The maximum absolute atomic E-state index is 14.2. The molecule has 2 aromatic rings. The van der Waals surface area contributed by atoms with Gasteiger partial charge in [0.15, 0.2) is 5.82 Å². The Morgan fingerprint density at radius 2 is 1.75 bits per heavy atom. The Balaban J connectivity index is 0.00000280. The molecular formula is C20H27Cl2FN4O. The second-order valence-electron chi connectivity index (χ2n) is 8.62. The number of aromatic hydroxyl groups is 1. The van der Waals surface area contributed by atoms with Crippen LogP contribution >= 0.6 is 24.0 Å². The van der Waals surface area contributed by atoms with E-state index in [0.29, 0.717) is 11.9 Å². The van der Waals surface area contributed by atoms with Gasteiger partial charge >= 0.3 is 0 Å². The maximum atomic E-state index is 14.2. The fourth-order valence-electron chi connectivity index (χ4n) is 4.19. The minimum absolute atomic E-state index is 0. The second kappa shape index (κ2) is 8.01. The highest BCUT2D eigenvalue weighted by Gasteiger charge is 2.39. The quantitative estimate of drug-likeness (QED) is 0.734. The van der Waals surface area contributed by atoms with Gasteiger partial charge in [-0.3, -0.25) is 0 Å². The molecule has 5 nitrogen and oxygen atoms in total.